The number of benzene rings is 2. The predicted molar refractivity (Wildman–Crippen MR) is 75.1 cm³/mol. The molecule has 0 spiro atoms. The highest BCUT2D eigenvalue weighted by molar-refractivity contribution is 9.10. The number of hydrogen-bond acceptors (Lipinski definition) is 0. The molecule has 2 heteroatoms. The maximum Gasteiger partial charge on any atom is 0.0435 e. The molecular weight excluding hydrogens is 284 g/mol. The first-order valence-electron chi connectivity index (χ1n) is 5.03. The molecule has 2 aromatic rings. The maximum absolute atomic E-state index is 5.71. The van der Waals surface area contributed by atoms with Crippen LogP contribution in [-0.2, 0) is 0 Å². The average molecular weight is 298 g/mol. The van der Waals surface area contributed by atoms with E-state index in [-0.39, 0.29) is 0 Å². The van der Waals surface area contributed by atoms with E-state index in [9.17, 15) is 0 Å². The number of rotatable bonds is 0. The zero-order chi connectivity index (χ0) is 12.0. The van der Waals surface area contributed by atoms with Crippen LogP contribution in [0.3, 0.4) is 0 Å². The monoisotopic (exact) mass is 296 g/mol. The molecule has 0 fully saturated rings. The highest BCUT2D eigenvalue weighted by Gasteiger charge is 1.87. The van der Waals surface area contributed by atoms with Crippen LogP contribution in [0.2, 0.25) is 5.02 Å². The SMILES string of the molecule is Cc1ccccc1Br.Cc1ccccc1Cl. The fourth-order valence-electron chi connectivity index (χ4n) is 1.10. The summed E-state index contributed by atoms with van der Waals surface area (Å²) in [7, 11) is 0. The third-order valence-electron chi connectivity index (χ3n) is 2.15. The molecule has 16 heavy (non-hydrogen) atoms. The Morgan fingerprint density at radius 1 is 0.812 bits per heavy atom. The van der Waals surface area contributed by atoms with Crippen molar-refractivity contribution in [1.82, 2.24) is 0 Å². The van der Waals surface area contributed by atoms with Gasteiger partial charge in [-0.2, -0.15) is 0 Å². The Hall–Kier alpha value is -0.790. The van der Waals surface area contributed by atoms with Gasteiger partial charge in [0.05, 0.1) is 0 Å². The minimum atomic E-state index is 0.840. The molecule has 2 aromatic carbocycles. The summed E-state index contributed by atoms with van der Waals surface area (Å²) in [5.74, 6) is 0. The molecule has 2 rings (SSSR count). The molecule has 0 radical (unpaired) electrons. The standard InChI is InChI=1S/C7H7Br.C7H7Cl/c2*1-6-4-2-3-5-7(6)8/h2*2-5H,1H3. The molecule has 0 heterocycles. The second-order valence-corrected chi connectivity index (χ2v) is 4.76. The third-order valence-corrected chi connectivity index (χ3v) is 3.47. The van der Waals surface area contributed by atoms with Gasteiger partial charge in [0.25, 0.3) is 0 Å². The van der Waals surface area contributed by atoms with Crippen LogP contribution in [0.4, 0.5) is 0 Å². The van der Waals surface area contributed by atoms with Crippen LogP contribution in [0.1, 0.15) is 11.1 Å². The first-order valence-corrected chi connectivity index (χ1v) is 6.20. The molecule has 0 bridgehead atoms. The van der Waals surface area contributed by atoms with E-state index in [2.05, 4.69) is 28.9 Å². The van der Waals surface area contributed by atoms with Crippen molar-refractivity contribution < 1.29 is 0 Å². The quantitative estimate of drug-likeness (QED) is 0.610. The molecule has 0 aliphatic rings. The largest absolute Gasteiger partial charge is 0.0841 e. The predicted octanol–water partition coefficient (Wildman–Crippen LogP) is 5.41. The van der Waals surface area contributed by atoms with Gasteiger partial charge in [-0.1, -0.05) is 63.9 Å². The second-order valence-electron chi connectivity index (χ2n) is 3.50. The minimum absolute atomic E-state index is 0.840. The highest BCUT2D eigenvalue weighted by atomic mass is 79.9. The maximum atomic E-state index is 5.71. The molecule has 84 valence electrons. The molecule has 0 aliphatic carbocycles. The normalized spacial score (nSPS) is 9.25. The van der Waals surface area contributed by atoms with Gasteiger partial charge in [0, 0.05) is 9.50 Å². The lowest BCUT2D eigenvalue weighted by Crippen LogP contribution is -1.69. The molecule has 0 N–H and O–H groups in total. The molecule has 0 aliphatic heterocycles. The van der Waals surface area contributed by atoms with Crippen molar-refractivity contribution in [2.24, 2.45) is 0 Å². The van der Waals surface area contributed by atoms with E-state index < -0.39 is 0 Å². The van der Waals surface area contributed by atoms with Crippen molar-refractivity contribution in [3.05, 3.63) is 69.2 Å². The van der Waals surface area contributed by atoms with Crippen molar-refractivity contribution in [3.63, 3.8) is 0 Å². The van der Waals surface area contributed by atoms with Crippen LogP contribution < -0.4 is 0 Å². The Kier molecular flexibility index (Phi) is 5.58. The van der Waals surface area contributed by atoms with Gasteiger partial charge in [-0.15, -0.1) is 0 Å². The van der Waals surface area contributed by atoms with Crippen LogP contribution in [0.5, 0.6) is 0 Å². The number of halogens is 2. The second kappa shape index (κ2) is 6.72. The lowest BCUT2D eigenvalue weighted by Gasteiger charge is -1.91. The minimum Gasteiger partial charge on any atom is -0.0841 e. The fourth-order valence-corrected chi connectivity index (χ4v) is 1.52. The lowest BCUT2D eigenvalue weighted by atomic mass is 10.2. The van der Waals surface area contributed by atoms with Crippen molar-refractivity contribution in [2.75, 3.05) is 0 Å². The van der Waals surface area contributed by atoms with E-state index >= 15 is 0 Å². The summed E-state index contributed by atoms with van der Waals surface area (Å²) in [6.45, 7) is 4.06. The Labute approximate surface area is 110 Å². The van der Waals surface area contributed by atoms with E-state index in [4.69, 9.17) is 11.6 Å². The molecule has 0 saturated carbocycles. The molecule has 0 atom stereocenters. The van der Waals surface area contributed by atoms with Crippen LogP contribution in [0.15, 0.2) is 53.0 Å². The van der Waals surface area contributed by atoms with E-state index in [1.165, 1.54) is 10.0 Å². The van der Waals surface area contributed by atoms with E-state index in [0.29, 0.717) is 0 Å². The summed E-state index contributed by atoms with van der Waals surface area (Å²) >= 11 is 9.10. The van der Waals surface area contributed by atoms with Gasteiger partial charge < -0.3 is 0 Å². The van der Waals surface area contributed by atoms with Gasteiger partial charge in [0.2, 0.25) is 0 Å². The lowest BCUT2D eigenvalue weighted by molar-refractivity contribution is 1.43. The summed E-state index contributed by atoms with van der Waals surface area (Å²) in [6, 6.07) is 15.9. The summed E-state index contributed by atoms with van der Waals surface area (Å²) in [5, 5.41) is 0.840. The Bertz CT molecular complexity index is 366. The van der Waals surface area contributed by atoms with Crippen LogP contribution in [-0.4, -0.2) is 0 Å². The van der Waals surface area contributed by atoms with Gasteiger partial charge in [-0.3, -0.25) is 0 Å². The third kappa shape index (κ3) is 4.38. The van der Waals surface area contributed by atoms with E-state index in [1.54, 1.807) is 0 Å². The summed E-state index contributed by atoms with van der Waals surface area (Å²) in [4.78, 5) is 0. The van der Waals surface area contributed by atoms with Crippen LogP contribution in [0, 0.1) is 13.8 Å². The van der Waals surface area contributed by atoms with Crippen LogP contribution >= 0.6 is 27.5 Å². The molecule has 0 amide bonds. The summed E-state index contributed by atoms with van der Waals surface area (Å²) in [6.07, 6.45) is 0. The summed E-state index contributed by atoms with van der Waals surface area (Å²) < 4.78 is 1.18. The average Bonchev–Trinajstić information content (AvgIpc) is 2.28. The number of aryl methyl sites for hydroxylation is 2. The van der Waals surface area contributed by atoms with Crippen LogP contribution in [0.25, 0.3) is 0 Å². The van der Waals surface area contributed by atoms with Crippen molar-refractivity contribution in [2.45, 2.75) is 13.8 Å². The zero-order valence-electron chi connectivity index (χ0n) is 9.37. The van der Waals surface area contributed by atoms with Crippen molar-refractivity contribution in [3.8, 4) is 0 Å². The topological polar surface area (TPSA) is 0 Å². The van der Waals surface area contributed by atoms with Gasteiger partial charge >= 0.3 is 0 Å². The summed E-state index contributed by atoms with van der Waals surface area (Å²) in [5.41, 5.74) is 2.42. The first kappa shape index (κ1) is 13.3. The molecule has 0 nitrogen and oxygen atoms in total. The van der Waals surface area contributed by atoms with Gasteiger partial charge in [0.15, 0.2) is 0 Å². The Morgan fingerprint density at radius 2 is 1.31 bits per heavy atom. The van der Waals surface area contributed by atoms with Gasteiger partial charge in [-0.25, -0.2) is 0 Å². The molecule has 0 unspecified atom stereocenters. The highest BCUT2D eigenvalue weighted by Crippen LogP contribution is 2.13. The zero-order valence-corrected chi connectivity index (χ0v) is 11.7. The molecule has 0 aromatic heterocycles. The molecular formula is C14H14BrCl. The van der Waals surface area contributed by atoms with E-state index in [1.807, 2.05) is 49.4 Å². The van der Waals surface area contributed by atoms with E-state index in [0.717, 1.165) is 10.6 Å². The smallest absolute Gasteiger partial charge is 0.0435 e. The Balaban J connectivity index is 0.000000160. The fraction of sp³-hybridized carbons (Fsp3) is 0.143. The first-order chi connectivity index (χ1) is 7.61. The molecule has 0 saturated heterocycles. The van der Waals surface area contributed by atoms with Crippen molar-refractivity contribution >= 4 is 27.5 Å². The van der Waals surface area contributed by atoms with Gasteiger partial charge in [-0.05, 0) is 37.1 Å². The van der Waals surface area contributed by atoms with Gasteiger partial charge in [0.1, 0.15) is 0 Å². The van der Waals surface area contributed by atoms with Crippen molar-refractivity contribution in [1.29, 1.82) is 0 Å². The number of hydrogen-bond donors (Lipinski definition) is 0. The Morgan fingerprint density at radius 3 is 1.62 bits per heavy atom.